The van der Waals surface area contributed by atoms with Crippen molar-refractivity contribution in [3.8, 4) is 0 Å². The van der Waals surface area contributed by atoms with Gasteiger partial charge in [-0.05, 0) is 19.3 Å². The van der Waals surface area contributed by atoms with Gasteiger partial charge in [0.15, 0.2) is 0 Å². The van der Waals surface area contributed by atoms with Gasteiger partial charge in [-0.25, -0.2) is 22.7 Å². The van der Waals surface area contributed by atoms with E-state index in [2.05, 4.69) is 15.4 Å². The van der Waals surface area contributed by atoms with Gasteiger partial charge < -0.3 is 15.7 Å². The molecule has 0 saturated heterocycles. The molecule has 0 aromatic heterocycles. The van der Waals surface area contributed by atoms with E-state index in [9.17, 15) is 18.0 Å². The molecular weight excluding hydrogens is 262 g/mol. The molecule has 4 N–H and O–H groups in total. The van der Waals surface area contributed by atoms with Gasteiger partial charge in [0.25, 0.3) is 0 Å². The van der Waals surface area contributed by atoms with Gasteiger partial charge in [0.2, 0.25) is 10.0 Å². The van der Waals surface area contributed by atoms with Crippen LogP contribution in [0.3, 0.4) is 0 Å². The van der Waals surface area contributed by atoms with E-state index < -0.39 is 27.6 Å². The number of hydrogen-bond donors (Lipinski definition) is 4. The van der Waals surface area contributed by atoms with Crippen LogP contribution in [-0.4, -0.2) is 50.4 Å². The third-order valence-electron chi connectivity index (χ3n) is 2.74. The molecule has 1 fully saturated rings. The summed E-state index contributed by atoms with van der Waals surface area (Å²) in [6, 6.07) is -0.604. The molecule has 1 rings (SSSR count). The summed E-state index contributed by atoms with van der Waals surface area (Å²) in [6.45, 7) is 0.154. The van der Waals surface area contributed by atoms with Crippen molar-refractivity contribution in [1.82, 2.24) is 15.4 Å². The van der Waals surface area contributed by atoms with Crippen molar-refractivity contribution in [3.63, 3.8) is 0 Å². The van der Waals surface area contributed by atoms with Crippen LogP contribution in [0.2, 0.25) is 0 Å². The first-order valence-corrected chi connectivity index (χ1v) is 7.38. The first-order chi connectivity index (χ1) is 8.25. The second-order valence-electron chi connectivity index (χ2n) is 4.29. The maximum Gasteiger partial charge on any atom is 0.329 e. The van der Waals surface area contributed by atoms with Crippen molar-refractivity contribution >= 4 is 22.0 Å². The Bertz CT molecular complexity index is 429. The van der Waals surface area contributed by atoms with E-state index in [0.29, 0.717) is 12.8 Å². The fraction of sp³-hybridized carbons (Fsp3) is 0.778. The maximum atomic E-state index is 11.4. The number of sulfonamides is 1. The molecule has 18 heavy (non-hydrogen) atoms. The van der Waals surface area contributed by atoms with E-state index in [1.54, 1.807) is 0 Å². The minimum absolute atomic E-state index is 0.0618. The third kappa shape index (κ3) is 4.15. The zero-order valence-corrected chi connectivity index (χ0v) is 10.8. The number of amides is 2. The van der Waals surface area contributed by atoms with Crippen LogP contribution in [0.4, 0.5) is 4.79 Å². The van der Waals surface area contributed by atoms with Crippen molar-refractivity contribution in [1.29, 1.82) is 0 Å². The highest BCUT2D eigenvalue weighted by molar-refractivity contribution is 7.88. The lowest BCUT2D eigenvalue weighted by Gasteiger charge is -2.38. The van der Waals surface area contributed by atoms with Crippen molar-refractivity contribution in [2.24, 2.45) is 0 Å². The molecule has 0 aliphatic heterocycles. The highest BCUT2D eigenvalue weighted by atomic mass is 32.2. The Labute approximate surface area is 105 Å². The first-order valence-electron chi connectivity index (χ1n) is 5.49. The number of hydrogen-bond acceptors (Lipinski definition) is 4. The molecule has 2 amide bonds. The number of urea groups is 1. The summed E-state index contributed by atoms with van der Waals surface area (Å²) in [4.78, 5) is 22.4. The average Bonchev–Trinajstić information content (AvgIpc) is 2.16. The number of aliphatic carboxylic acids is 1. The number of carbonyl (C=O) groups excluding carboxylic acids is 1. The van der Waals surface area contributed by atoms with E-state index >= 15 is 0 Å². The molecule has 104 valence electrons. The number of carboxylic acids is 1. The largest absolute Gasteiger partial charge is 0.480 e. The Hall–Kier alpha value is -1.35. The molecule has 0 aromatic carbocycles. The molecule has 1 aliphatic carbocycles. The van der Waals surface area contributed by atoms with Gasteiger partial charge in [0.05, 0.1) is 6.26 Å². The van der Waals surface area contributed by atoms with Gasteiger partial charge in [0, 0.05) is 13.1 Å². The van der Waals surface area contributed by atoms with Crippen LogP contribution < -0.4 is 15.4 Å². The number of carbonyl (C=O) groups is 2. The third-order valence-corrected chi connectivity index (χ3v) is 3.47. The van der Waals surface area contributed by atoms with Crippen LogP contribution in [0.1, 0.15) is 19.3 Å². The van der Waals surface area contributed by atoms with Crippen LogP contribution in [0.25, 0.3) is 0 Å². The number of carboxylic acid groups (broad SMARTS) is 1. The van der Waals surface area contributed by atoms with E-state index in [-0.39, 0.29) is 13.1 Å². The van der Waals surface area contributed by atoms with Gasteiger partial charge in [-0.3, -0.25) is 0 Å². The zero-order chi connectivity index (χ0) is 13.8. The molecule has 0 heterocycles. The highest BCUT2D eigenvalue weighted by Gasteiger charge is 2.45. The van der Waals surface area contributed by atoms with E-state index in [1.807, 2.05) is 0 Å². The topological polar surface area (TPSA) is 125 Å². The summed E-state index contributed by atoms with van der Waals surface area (Å²) in [5.74, 6) is -1.04. The summed E-state index contributed by atoms with van der Waals surface area (Å²) in [6.07, 6.45) is 2.61. The predicted molar refractivity (Wildman–Crippen MR) is 63.6 cm³/mol. The second-order valence-corrected chi connectivity index (χ2v) is 6.12. The fourth-order valence-corrected chi connectivity index (χ4v) is 2.07. The summed E-state index contributed by atoms with van der Waals surface area (Å²) in [5, 5.41) is 13.8. The van der Waals surface area contributed by atoms with Gasteiger partial charge in [-0.2, -0.15) is 0 Å². The SMILES string of the molecule is CS(=O)(=O)NCCNC(=O)NC1(C(=O)O)CCC1. The normalized spacial score (nSPS) is 17.6. The van der Waals surface area contributed by atoms with Crippen LogP contribution in [-0.2, 0) is 14.8 Å². The highest BCUT2D eigenvalue weighted by Crippen LogP contribution is 2.31. The Balaban J connectivity index is 2.28. The van der Waals surface area contributed by atoms with Crippen LogP contribution in [0, 0.1) is 0 Å². The van der Waals surface area contributed by atoms with Crippen LogP contribution in [0.5, 0.6) is 0 Å². The van der Waals surface area contributed by atoms with Crippen LogP contribution >= 0.6 is 0 Å². The molecule has 9 heteroatoms. The molecule has 0 unspecified atom stereocenters. The van der Waals surface area contributed by atoms with E-state index in [4.69, 9.17) is 5.11 Å². The lowest BCUT2D eigenvalue weighted by Crippen LogP contribution is -2.61. The lowest BCUT2D eigenvalue weighted by molar-refractivity contribution is -0.148. The molecule has 8 nitrogen and oxygen atoms in total. The molecular formula is C9H17N3O5S. The van der Waals surface area contributed by atoms with Crippen molar-refractivity contribution in [3.05, 3.63) is 0 Å². The Kier molecular flexibility index (Phi) is 4.52. The van der Waals surface area contributed by atoms with Crippen LogP contribution in [0.15, 0.2) is 0 Å². The monoisotopic (exact) mass is 279 g/mol. The maximum absolute atomic E-state index is 11.4. The van der Waals surface area contributed by atoms with Crippen molar-refractivity contribution < 1.29 is 23.1 Å². The molecule has 1 saturated carbocycles. The quantitative estimate of drug-likeness (QED) is 0.457. The van der Waals surface area contributed by atoms with E-state index in [0.717, 1.165) is 12.7 Å². The molecule has 0 aromatic rings. The van der Waals surface area contributed by atoms with Crippen molar-refractivity contribution in [2.45, 2.75) is 24.8 Å². The summed E-state index contributed by atoms with van der Waals surface area (Å²) in [5.41, 5.74) is -1.16. The van der Waals surface area contributed by atoms with Gasteiger partial charge in [-0.15, -0.1) is 0 Å². The minimum atomic E-state index is -3.28. The lowest BCUT2D eigenvalue weighted by atomic mass is 9.77. The predicted octanol–water partition coefficient (Wildman–Crippen LogP) is -1.16. The summed E-state index contributed by atoms with van der Waals surface area (Å²) < 4.78 is 23.7. The molecule has 0 atom stereocenters. The van der Waals surface area contributed by atoms with E-state index in [1.165, 1.54) is 0 Å². The molecule has 0 spiro atoms. The Morgan fingerprint density at radius 3 is 2.28 bits per heavy atom. The average molecular weight is 279 g/mol. The Morgan fingerprint density at radius 1 is 1.28 bits per heavy atom. The Morgan fingerprint density at radius 2 is 1.89 bits per heavy atom. The minimum Gasteiger partial charge on any atom is -0.480 e. The van der Waals surface area contributed by atoms with Gasteiger partial charge >= 0.3 is 12.0 Å². The fourth-order valence-electron chi connectivity index (χ4n) is 1.60. The number of nitrogens with one attached hydrogen (secondary N) is 3. The summed E-state index contributed by atoms with van der Waals surface area (Å²) in [7, 11) is -3.28. The molecule has 1 aliphatic rings. The molecule has 0 radical (unpaired) electrons. The van der Waals surface area contributed by atoms with Crippen molar-refractivity contribution in [2.75, 3.05) is 19.3 Å². The smallest absolute Gasteiger partial charge is 0.329 e. The number of rotatable bonds is 6. The zero-order valence-electron chi connectivity index (χ0n) is 10.0. The standard InChI is InChI=1S/C9H17N3O5S/c1-18(16,17)11-6-5-10-8(15)12-9(7(13)14)3-2-4-9/h11H,2-6H2,1H3,(H,13,14)(H2,10,12,15). The summed E-state index contributed by atoms with van der Waals surface area (Å²) >= 11 is 0. The first kappa shape index (κ1) is 14.7. The van der Waals surface area contributed by atoms with Gasteiger partial charge in [-0.1, -0.05) is 0 Å². The van der Waals surface area contributed by atoms with Gasteiger partial charge in [0.1, 0.15) is 5.54 Å². The molecule has 0 bridgehead atoms. The second kappa shape index (κ2) is 5.53.